The van der Waals surface area contributed by atoms with Crippen LogP contribution in [0.1, 0.15) is 34.6 Å². The van der Waals surface area contributed by atoms with E-state index in [0.29, 0.717) is 0 Å². The van der Waals surface area contributed by atoms with Crippen molar-refractivity contribution >= 4 is 17.1 Å². The number of rotatable bonds is 1. The zero-order chi connectivity index (χ0) is 8.36. The molecule has 0 nitrogen and oxygen atoms in total. The minimum absolute atomic E-state index is 0.145. The van der Waals surface area contributed by atoms with E-state index >= 15 is 0 Å². The Balaban J connectivity index is 4.27. The summed E-state index contributed by atoms with van der Waals surface area (Å²) >= 11 is 5.19. The van der Waals surface area contributed by atoms with Gasteiger partial charge in [0, 0.05) is 4.86 Å². The first-order valence-electron chi connectivity index (χ1n) is 3.53. The van der Waals surface area contributed by atoms with E-state index in [1.54, 1.807) is 0 Å². The van der Waals surface area contributed by atoms with E-state index in [-0.39, 0.29) is 5.41 Å². The maximum absolute atomic E-state index is 5.19. The van der Waals surface area contributed by atoms with E-state index in [0.717, 1.165) is 4.86 Å². The second kappa shape index (κ2) is 3.29. The van der Waals surface area contributed by atoms with Crippen molar-refractivity contribution in [1.29, 1.82) is 0 Å². The Morgan fingerprint density at radius 1 is 1.20 bits per heavy atom. The lowest BCUT2D eigenvalue weighted by Gasteiger charge is -2.16. The van der Waals surface area contributed by atoms with Gasteiger partial charge in [0.05, 0.1) is 0 Å². The molecular weight excluding hydrogens is 140 g/mol. The Labute approximate surface area is 69.3 Å². The summed E-state index contributed by atoms with van der Waals surface area (Å²) in [7, 11) is 0. The first-order valence-corrected chi connectivity index (χ1v) is 3.94. The second-order valence-electron chi connectivity index (χ2n) is 3.84. The molecule has 10 heavy (non-hydrogen) atoms. The van der Waals surface area contributed by atoms with Gasteiger partial charge < -0.3 is 0 Å². The van der Waals surface area contributed by atoms with Gasteiger partial charge in [0.1, 0.15) is 0 Å². The summed E-state index contributed by atoms with van der Waals surface area (Å²) in [5, 5.41) is 0. The van der Waals surface area contributed by atoms with Crippen molar-refractivity contribution in [2.24, 2.45) is 5.41 Å². The highest BCUT2D eigenvalue weighted by Crippen LogP contribution is 2.17. The lowest BCUT2D eigenvalue weighted by atomic mass is 9.91. The number of hydrogen-bond donors (Lipinski definition) is 0. The molecule has 0 saturated carbocycles. The SMILES string of the molecule is CC(C)=CC(=S)C(C)(C)C. The number of thiocarbonyl (C=S) groups is 1. The fraction of sp³-hybridized carbons (Fsp3) is 0.667. The van der Waals surface area contributed by atoms with Crippen molar-refractivity contribution in [3.8, 4) is 0 Å². The summed E-state index contributed by atoms with van der Waals surface area (Å²) in [4.78, 5) is 1.03. The molecule has 0 saturated heterocycles. The van der Waals surface area contributed by atoms with Crippen LogP contribution in [0.2, 0.25) is 0 Å². The predicted molar refractivity (Wildman–Crippen MR) is 51.5 cm³/mol. The first kappa shape index (κ1) is 9.83. The van der Waals surface area contributed by atoms with Crippen molar-refractivity contribution in [2.75, 3.05) is 0 Å². The number of hydrogen-bond acceptors (Lipinski definition) is 1. The first-order chi connectivity index (χ1) is 4.34. The average molecular weight is 156 g/mol. The van der Waals surface area contributed by atoms with Gasteiger partial charge in [-0.15, -0.1) is 0 Å². The summed E-state index contributed by atoms with van der Waals surface area (Å²) < 4.78 is 0. The molecule has 1 heteroatoms. The van der Waals surface area contributed by atoms with E-state index in [4.69, 9.17) is 12.2 Å². The molecule has 0 bridgehead atoms. The van der Waals surface area contributed by atoms with Crippen molar-refractivity contribution in [3.05, 3.63) is 11.6 Å². The maximum atomic E-state index is 5.19. The highest BCUT2D eigenvalue weighted by atomic mass is 32.1. The fourth-order valence-corrected chi connectivity index (χ4v) is 0.714. The molecule has 0 aliphatic rings. The molecule has 0 spiro atoms. The van der Waals surface area contributed by atoms with Crippen LogP contribution in [0.25, 0.3) is 0 Å². The molecule has 0 aromatic heterocycles. The normalized spacial score (nSPS) is 10.9. The van der Waals surface area contributed by atoms with Gasteiger partial charge in [0.2, 0.25) is 0 Å². The monoisotopic (exact) mass is 156 g/mol. The summed E-state index contributed by atoms with van der Waals surface area (Å²) in [5.41, 5.74) is 1.42. The molecule has 58 valence electrons. The Bertz CT molecular complexity index is 154. The minimum Gasteiger partial charge on any atom is -0.0843 e. The third kappa shape index (κ3) is 3.78. The van der Waals surface area contributed by atoms with Crippen LogP contribution in [0.4, 0.5) is 0 Å². The second-order valence-corrected chi connectivity index (χ2v) is 4.28. The highest BCUT2D eigenvalue weighted by molar-refractivity contribution is 7.80. The standard InChI is InChI=1S/C9H16S/c1-7(2)6-8(10)9(3,4)5/h6H,1-5H3. The largest absolute Gasteiger partial charge is 0.0843 e. The molecule has 0 radical (unpaired) electrons. The Hall–Kier alpha value is -0.170. The van der Waals surface area contributed by atoms with Gasteiger partial charge in [-0.3, -0.25) is 0 Å². The van der Waals surface area contributed by atoms with Crippen molar-refractivity contribution in [1.82, 2.24) is 0 Å². The van der Waals surface area contributed by atoms with Crippen LogP contribution in [0, 0.1) is 5.41 Å². The van der Waals surface area contributed by atoms with E-state index in [1.165, 1.54) is 5.57 Å². The van der Waals surface area contributed by atoms with Gasteiger partial charge in [-0.25, -0.2) is 0 Å². The molecule has 0 aromatic carbocycles. The molecule has 0 atom stereocenters. The van der Waals surface area contributed by atoms with Crippen LogP contribution in [-0.4, -0.2) is 4.86 Å². The molecule has 0 heterocycles. The maximum Gasteiger partial charge on any atom is 0.0205 e. The van der Waals surface area contributed by atoms with Gasteiger partial charge in [-0.05, 0) is 25.3 Å². The molecule has 0 aromatic rings. The van der Waals surface area contributed by atoms with Gasteiger partial charge in [0.25, 0.3) is 0 Å². The van der Waals surface area contributed by atoms with Crippen LogP contribution in [0.3, 0.4) is 0 Å². The molecule has 0 aliphatic carbocycles. The molecule has 0 amide bonds. The molecular formula is C9H16S. The molecule has 0 unspecified atom stereocenters. The van der Waals surface area contributed by atoms with Crippen LogP contribution < -0.4 is 0 Å². The zero-order valence-corrected chi connectivity index (χ0v) is 8.30. The smallest absolute Gasteiger partial charge is 0.0205 e. The van der Waals surface area contributed by atoms with Crippen LogP contribution >= 0.6 is 12.2 Å². The van der Waals surface area contributed by atoms with Gasteiger partial charge in [0.15, 0.2) is 0 Å². The van der Waals surface area contributed by atoms with Gasteiger partial charge in [-0.1, -0.05) is 38.6 Å². The third-order valence-electron chi connectivity index (χ3n) is 1.16. The van der Waals surface area contributed by atoms with Crippen molar-refractivity contribution in [2.45, 2.75) is 34.6 Å². The topological polar surface area (TPSA) is 0 Å². The fourth-order valence-electron chi connectivity index (χ4n) is 0.479. The van der Waals surface area contributed by atoms with E-state index in [1.807, 2.05) is 0 Å². The van der Waals surface area contributed by atoms with Crippen LogP contribution in [0.5, 0.6) is 0 Å². The van der Waals surface area contributed by atoms with Crippen LogP contribution in [-0.2, 0) is 0 Å². The molecule has 0 fully saturated rings. The van der Waals surface area contributed by atoms with Gasteiger partial charge >= 0.3 is 0 Å². The van der Waals surface area contributed by atoms with E-state index < -0.39 is 0 Å². The Morgan fingerprint density at radius 2 is 1.60 bits per heavy atom. The van der Waals surface area contributed by atoms with E-state index in [9.17, 15) is 0 Å². The summed E-state index contributed by atoms with van der Waals surface area (Å²) in [5.74, 6) is 0. The molecule has 0 rings (SSSR count). The molecule has 0 N–H and O–H groups in total. The lowest BCUT2D eigenvalue weighted by Crippen LogP contribution is -2.15. The Kier molecular flexibility index (Phi) is 3.23. The van der Waals surface area contributed by atoms with Crippen LogP contribution in [0.15, 0.2) is 11.6 Å². The summed E-state index contributed by atoms with van der Waals surface area (Å²) in [6, 6.07) is 0. The minimum atomic E-state index is 0.145. The Morgan fingerprint density at radius 3 is 1.70 bits per heavy atom. The predicted octanol–water partition coefficient (Wildman–Crippen LogP) is 3.37. The lowest BCUT2D eigenvalue weighted by molar-refractivity contribution is 0.603. The van der Waals surface area contributed by atoms with Crippen molar-refractivity contribution < 1.29 is 0 Å². The van der Waals surface area contributed by atoms with Gasteiger partial charge in [-0.2, -0.15) is 0 Å². The average Bonchev–Trinajstić information content (AvgIpc) is 1.60. The number of allylic oxidation sites excluding steroid dienone is 2. The van der Waals surface area contributed by atoms with Crippen molar-refractivity contribution in [3.63, 3.8) is 0 Å². The third-order valence-corrected chi connectivity index (χ3v) is 1.89. The summed E-state index contributed by atoms with van der Waals surface area (Å²) in [6.45, 7) is 10.5. The molecule has 0 aliphatic heterocycles. The van der Waals surface area contributed by atoms with E-state index in [2.05, 4.69) is 40.7 Å². The quantitative estimate of drug-likeness (QED) is 0.414. The highest BCUT2D eigenvalue weighted by Gasteiger charge is 2.13. The zero-order valence-electron chi connectivity index (χ0n) is 7.49. The summed E-state index contributed by atoms with van der Waals surface area (Å²) in [6.07, 6.45) is 2.06.